The molecule has 2 nitrogen and oxygen atoms in total. The highest BCUT2D eigenvalue weighted by atomic mass is 79.9. The van der Waals surface area contributed by atoms with Crippen molar-refractivity contribution in [2.24, 2.45) is 0 Å². The third kappa shape index (κ3) is 2.36. The van der Waals surface area contributed by atoms with E-state index in [1.54, 1.807) is 7.11 Å². The van der Waals surface area contributed by atoms with E-state index in [9.17, 15) is 0 Å². The third-order valence-corrected chi connectivity index (χ3v) is 5.40. The van der Waals surface area contributed by atoms with Gasteiger partial charge in [0, 0.05) is 10.2 Å². The summed E-state index contributed by atoms with van der Waals surface area (Å²) in [6, 6.07) is 1.97. The van der Waals surface area contributed by atoms with E-state index >= 15 is 0 Å². The molecule has 0 amide bonds. The number of pyridine rings is 1. The molecule has 0 spiro atoms. The molecule has 1 aliphatic carbocycles. The summed E-state index contributed by atoms with van der Waals surface area (Å²) < 4.78 is 7.35. The van der Waals surface area contributed by atoms with E-state index in [0.717, 1.165) is 49.2 Å². The molecule has 1 heterocycles. The lowest BCUT2D eigenvalue weighted by Crippen LogP contribution is -2.00. The summed E-state index contributed by atoms with van der Waals surface area (Å²) >= 11 is 13.8. The molecule has 5 heteroatoms. The Morgan fingerprint density at radius 2 is 1.90 bits per heavy atom. The van der Waals surface area contributed by atoms with Crippen molar-refractivity contribution >= 4 is 54.4 Å². The van der Waals surface area contributed by atoms with Crippen molar-refractivity contribution < 1.29 is 4.74 Å². The van der Waals surface area contributed by atoms with Gasteiger partial charge in [0.25, 0.3) is 0 Å². The molecule has 0 saturated carbocycles. The zero-order valence-electron chi connectivity index (χ0n) is 11.1. The minimum Gasteiger partial charge on any atom is -0.495 e. The number of hydrogen-bond donors (Lipinski definition) is 0. The summed E-state index contributed by atoms with van der Waals surface area (Å²) in [5, 5.41) is 1.70. The maximum Gasteiger partial charge on any atom is 0.144 e. The Hall–Kier alpha value is -0.320. The molecule has 1 aromatic heterocycles. The van der Waals surface area contributed by atoms with Crippen LogP contribution in [0.1, 0.15) is 30.5 Å². The Kier molecular flexibility index (Phi) is 4.25. The molecule has 3 rings (SSSR count). The molecule has 1 aliphatic rings. The fraction of sp³-hybridized carbons (Fsp3) is 0.400. The molecule has 0 fully saturated rings. The molecule has 0 bridgehead atoms. The smallest absolute Gasteiger partial charge is 0.144 e. The first-order chi connectivity index (χ1) is 9.63. The van der Waals surface area contributed by atoms with Crippen LogP contribution in [0.15, 0.2) is 15.0 Å². The SMILES string of the molecule is COc1c(Br)cc(Br)c2nc3c(c(Cl)c12)CCCCC3. The summed E-state index contributed by atoms with van der Waals surface area (Å²) in [4.78, 5) is 4.85. The van der Waals surface area contributed by atoms with Gasteiger partial charge in [-0.1, -0.05) is 18.0 Å². The average molecular weight is 420 g/mol. The molecule has 0 unspecified atom stereocenters. The van der Waals surface area contributed by atoms with Crippen LogP contribution in [0.2, 0.25) is 5.02 Å². The molecule has 0 radical (unpaired) electrons. The van der Waals surface area contributed by atoms with E-state index in [0.29, 0.717) is 0 Å². The minimum absolute atomic E-state index is 0.757. The third-order valence-electron chi connectivity index (χ3n) is 3.78. The number of halogens is 3. The number of hydrogen-bond acceptors (Lipinski definition) is 2. The monoisotopic (exact) mass is 417 g/mol. The Balaban J connectivity index is 2.40. The van der Waals surface area contributed by atoms with Gasteiger partial charge in [0.2, 0.25) is 0 Å². The fourth-order valence-electron chi connectivity index (χ4n) is 2.82. The molecule has 2 aromatic rings. The topological polar surface area (TPSA) is 22.1 Å². The second-order valence-electron chi connectivity index (χ2n) is 5.01. The van der Waals surface area contributed by atoms with Crippen molar-refractivity contribution in [2.45, 2.75) is 32.1 Å². The standard InChI is InChI=1S/C15H14Br2ClNO/c1-20-15-10(17)7-9(16)14-12(15)13(18)8-5-3-2-4-6-11(8)19-14/h7H,2-6H2,1H3. The lowest BCUT2D eigenvalue weighted by Gasteiger charge is -2.15. The van der Waals surface area contributed by atoms with Gasteiger partial charge in [-0.25, -0.2) is 0 Å². The van der Waals surface area contributed by atoms with Crippen LogP contribution in [-0.4, -0.2) is 12.1 Å². The quantitative estimate of drug-likeness (QED) is 0.554. The average Bonchev–Trinajstić information content (AvgIpc) is 2.66. The van der Waals surface area contributed by atoms with Gasteiger partial charge in [0.15, 0.2) is 0 Å². The molecule has 1 aromatic carbocycles. The Bertz CT molecular complexity index is 688. The second-order valence-corrected chi connectivity index (χ2v) is 7.10. The Labute approximate surface area is 140 Å². The van der Waals surface area contributed by atoms with Crippen LogP contribution in [0.5, 0.6) is 5.75 Å². The van der Waals surface area contributed by atoms with Gasteiger partial charge in [-0.15, -0.1) is 0 Å². The van der Waals surface area contributed by atoms with E-state index in [1.165, 1.54) is 24.8 Å². The van der Waals surface area contributed by atoms with Crippen molar-refractivity contribution in [1.29, 1.82) is 0 Å². The number of rotatable bonds is 1. The number of nitrogens with zero attached hydrogens (tertiary/aromatic N) is 1. The molecule has 20 heavy (non-hydrogen) atoms. The van der Waals surface area contributed by atoms with Crippen LogP contribution >= 0.6 is 43.5 Å². The van der Waals surface area contributed by atoms with Crippen LogP contribution in [0, 0.1) is 0 Å². The van der Waals surface area contributed by atoms with Crippen LogP contribution in [-0.2, 0) is 12.8 Å². The lowest BCUT2D eigenvalue weighted by molar-refractivity contribution is 0.417. The first kappa shape index (κ1) is 14.6. The number of benzene rings is 1. The van der Waals surface area contributed by atoms with Gasteiger partial charge < -0.3 is 4.74 Å². The Morgan fingerprint density at radius 3 is 2.65 bits per heavy atom. The van der Waals surface area contributed by atoms with Gasteiger partial charge in [0.05, 0.1) is 27.5 Å². The maximum atomic E-state index is 6.70. The van der Waals surface area contributed by atoms with Crippen LogP contribution in [0.3, 0.4) is 0 Å². The predicted octanol–water partition coefficient (Wildman–Crippen LogP) is 5.69. The molecule has 0 N–H and O–H groups in total. The largest absolute Gasteiger partial charge is 0.495 e. The first-order valence-electron chi connectivity index (χ1n) is 6.66. The molecule has 0 saturated heterocycles. The van der Waals surface area contributed by atoms with Gasteiger partial charge >= 0.3 is 0 Å². The molecule has 0 aliphatic heterocycles. The zero-order chi connectivity index (χ0) is 14.3. The van der Waals surface area contributed by atoms with Crippen molar-refractivity contribution in [3.63, 3.8) is 0 Å². The summed E-state index contributed by atoms with van der Waals surface area (Å²) in [6.07, 6.45) is 5.62. The first-order valence-corrected chi connectivity index (χ1v) is 8.62. The maximum absolute atomic E-state index is 6.70. The zero-order valence-corrected chi connectivity index (χ0v) is 15.0. The minimum atomic E-state index is 0.757. The molecular weight excluding hydrogens is 405 g/mol. The summed E-state index contributed by atoms with van der Waals surface area (Å²) in [5.41, 5.74) is 3.22. The highest BCUT2D eigenvalue weighted by Crippen LogP contribution is 2.43. The normalized spacial score (nSPS) is 15.0. The number of aromatic nitrogens is 1. The fourth-order valence-corrected chi connectivity index (χ4v) is 4.61. The highest BCUT2D eigenvalue weighted by Gasteiger charge is 2.21. The van der Waals surface area contributed by atoms with E-state index in [1.807, 2.05) is 6.07 Å². The van der Waals surface area contributed by atoms with Crippen LogP contribution in [0.25, 0.3) is 10.9 Å². The summed E-state index contributed by atoms with van der Waals surface area (Å²) in [5.74, 6) is 0.757. The van der Waals surface area contributed by atoms with Crippen LogP contribution in [0.4, 0.5) is 0 Å². The van der Waals surface area contributed by atoms with Gasteiger partial charge in [-0.3, -0.25) is 4.98 Å². The van der Waals surface area contributed by atoms with Crippen molar-refractivity contribution in [3.8, 4) is 5.75 Å². The second kappa shape index (κ2) is 5.82. The van der Waals surface area contributed by atoms with Crippen molar-refractivity contribution in [1.82, 2.24) is 4.98 Å². The van der Waals surface area contributed by atoms with E-state index in [4.69, 9.17) is 21.3 Å². The van der Waals surface area contributed by atoms with Crippen molar-refractivity contribution in [2.75, 3.05) is 7.11 Å². The number of methoxy groups -OCH3 is 1. The number of aryl methyl sites for hydroxylation is 1. The van der Waals surface area contributed by atoms with Crippen LogP contribution < -0.4 is 4.74 Å². The van der Waals surface area contributed by atoms with E-state index < -0.39 is 0 Å². The summed E-state index contributed by atoms with van der Waals surface area (Å²) in [6.45, 7) is 0. The highest BCUT2D eigenvalue weighted by molar-refractivity contribution is 9.11. The van der Waals surface area contributed by atoms with E-state index in [2.05, 4.69) is 31.9 Å². The predicted molar refractivity (Wildman–Crippen MR) is 90.0 cm³/mol. The van der Waals surface area contributed by atoms with Crippen molar-refractivity contribution in [3.05, 3.63) is 31.3 Å². The van der Waals surface area contributed by atoms with Gasteiger partial charge in [-0.05, 0) is 69.2 Å². The molecule has 106 valence electrons. The molecular formula is C15H14Br2ClNO. The van der Waals surface area contributed by atoms with Gasteiger partial charge in [-0.2, -0.15) is 0 Å². The van der Waals surface area contributed by atoms with E-state index in [-0.39, 0.29) is 0 Å². The lowest BCUT2D eigenvalue weighted by atomic mass is 10.0. The molecule has 0 atom stereocenters. The number of ether oxygens (including phenoxy) is 1. The summed E-state index contributed by atoms with van der Waals surface area (Å²) in [7, 11) is 1.66. The Morgan fingerprint density at radius 1 is 1.15 bits per heavy atom. The number of fused-ring (bicyclic) bond motifs is 2. The van der Waals surface area contributed by atoms with Gasteiger partial charge in [0.1, 0.15) is 5.75 Å².